The zero-order chi connectivity index (χ0) is 47.9. The summed E-state index contributed by atoms with van der Waals surface area (Å²) >= 11 is 0. The van der Waals surface area contributed by atoms with Gasteiger partial charge in [-0.15, -0.1) is 0 Å². The largest absolute Gasteiger partial charge is 0.508 e. The fraction of sp³-hybridized carbons (Fsp3) is 0.528. The highest BCUT2D eigenvalue weighted by molar-refractivity contribution is 6.02. The number of fused-ring (bicyclic) bond motifs is 4. The first kappa shape index (κ1) is 45.4. The number of aromatic nitrogens is 3. The maximum absolute atomic E-state index is 17.2. The van der Waals surface area contributed by atoms with Crippen LogP contribution in [0, 0.1) is 28.3 Å². The molecule has 2 saturated carbocycles. The number of hydrogen-bond donors (Lipinski definition) is 4. The van der Waals surface area contributed by atoms with Crippen LogP contribution < -0.4 is 30.5 Å². The number of anilines is 3. The highest BCUT2D eigenvalue weighted by atomic mass is 19.1. The van der Waals surface area contributed by atoms with Gasteiger partial charge in [0.25, 0.3) is 0 Å². The van der Waals surface area contributed by atoms with Crippen LogP contribution in [0.3, 0.4) is 0 Å². The van der Waals surface area contributed by atoms with Crippen molar-refractivity contribution in [2.45, 2.75) is 102 Å². The van der Waals surface area contributed by atoms with Crippen LogP contribution in [0.2, 0.25) is 0 Å². The number of likely N-dealkylation sites (tertiary alicyclic amines) is 1. The monoisotopic (exact) mass is 958 g/mol. The molecular weight excluding hydrogens is 898 g/mol. The fourth-order valence-corrected chi connectivity index (χ4v) is 12.7. The number of nitrogens with one attached hydrogen (secondary N) is 3. The lowest BCUT2D eigenvalue weighted by Crippen LogP contribution is -2.59. The number of carbonyl (C=O) groups is 2. The number of phenolic OH excluding ortho intramolecular Hbond substituents is 1. The van der Waals surface area contributed by atoms with E-state index in [2.05, 4.69) is 37.6 Å². The average Bonchev–Trinajstić information content (AvgIpc) is 4.03. The van der Waals surface area contributed by atoms with Gasteiger partial charge >= 0.3 is 6.01 Å². The van der Waals surface area contributed by atoms with Crippen LogP contribution in [-0.2, 0) is 16.0 Å². The second-order valence-corrected chi connectivity index (χ2v) is 21.5. The number of piperazine rings is 2. The molecule has 2 amide bonds. The number of amides is 2. The maximum atomic E-state index is 17.2. The summed E-state index contributed by atoms with van der Waals surface area (Å²) in [5, 5.41) is 21.6. The molecule has 5 aromatic rings. The molecule has 1 spiro atoms. The average molecular weight is 959 g/mol. The Morgan fingerprint density at radius 3 is 2.33 bits per heavy atom. The van der Waals surface area contributed by atoms with E-state index in [1.165, 1.54) is 25.0 Å². The van der Waals surface area contributed by atoms with E-state index < -0.39 is 29.4 Å². The van der Waals surface area contributed by atoms with Gasteiger partial charge in [0.05, 0.1) is 12.0 Å². The molecule has 2 bridgehead atoms. The summed E-state index contributed by atoms with van der Waals surface area (Å²) in [5.41, 5.74) is 2.38. The predicted octanol–water partition coefficient (Wildman–Crippen LogP) is 6.91. The van der Waals surface area contributed by atoms with Crippen molar-refractivity contribution >= 4 is 50.7 Å². The van der Waals surface area contributed by atoms with Gasteiger partial charge in [0.2, 0.25) is 11.8 Å². The minimum Gasteiger partial charge on any atom is -0.508 e. The smallest absolute Gasteiger partial charge is 0.319 e. The van der Waals surface area contributed by atoms with Gasteiger partial charge in [-0.3, -0.25) is 24.8 Å². The Balaban J connectivity index is 0.676. The lowest BCUT2D eigenvalue weighted by atomic mass is 9.60. The second-order valence-electron chi connectivity index (χ2n) is 21.5. The fourth-order valence-electron chi connectivity index (χ4n) is 12.7. The van der Waals surface area contributed by atoms with E-state index in [4.69, 9.17) is 19.7 Å². The first-order valence-electron chi connectivity index (χ1n) is 25.5. The number of carbonyl (C=O) groups excluding carboxylic acids is 2. The molecule has 7 heterocycles. The zero-order valence-corrected chi connectivity index (χ0v) is 39.7. The maximum Gasteiger partial charge on any atom is 0.319 e. The standard InChI is InChI=1S/C53H61F3N10O4/c1-2-31-4-3-5-32-20-37(67)23-38(44(31)32)46-45(56)47-39(26-57-46)49(66-27-33-6-7-34(28-66)58-33)62-51(61-47)70-30-53(10-11-53)29-63-14-12-52(13-15-63)24-36(25-52)65-18-16-64(17-19-65)35-21-40(54)48(41(55)22-35)59-42-8-9-43(68)60-50(42)69/h3-5,20-23,26,33-34,36,42,58-59,67H,2,6-19,24-25,27-30H2,1H3,(H,60,68,69). The van der Waals surface area contributed by atoms with Crippen molar-refractivity contribution in [2.24, 2.45) is 10.8 Å². The number of imide groups is 1. The van der Waals surface area contributed by atoms with Crippen LogP contribution >= 0.6 is 0 Å². The van der Waals surface area contributed by atoms with Crippen molar-refractivity contribution in [1.82, 2.24) is 35.4 Å². The van der Waals surface area contributed by atoms with Gasteiger partial charge in [-0.1, -0.05) is 25.1 Å². The molecule has 5 aliphatic heterocycles. The van der Waals surface area contributed by atoms with Gasteiger partial charge in [0, 0.05) is 93.2 Å². The summed E-state index contributed by atoms with van der Waals surface area (Å²) in [5.74, 6) is -2.32. The molecule has 368 valence electrons. The summed E-state index contributed by atoms with van der Waals surface area (Å²) in [7, 11) is 0. The molecule has 3 atom stereocenters. The molecule has 7 fully saturated rings. The van der Waals surface area contributed by atoms with Gasteiger partial charge in [-0.25, -0.2) is 13.2 Å². The quantitative estimate of drug-likeness (QED) is 0.0961. The molecule has 5 saturated heterocycles. The van der Waals surface area contributed by atoms with Crippen molar-refractivity contribution < 1.29 is 32.6 Å². The van der Waals surface area contributed by atoms with Crippen LogP contribution in [0.15, 0.2) is 48.7 Å². The van der Waals surface area contributed by atoms with Gasteiger partial charge < -0.3 is 35.2 Å². The molecular formula is C53H61F3N10O4. The van der Waals surface area contributed by atoms with Crippen molar-refractivity contribution in [3.8, 4) is 23.0 Å². The van der Waals surface area contributed by atoms with Crippen molar-refractivity contribution in [3.63, 3.8) is 0 Å². The first-order chi connectivity index (χ1) is 33.9. The summed E-state index contributed by atoms with van der Waals surface area (Å²) in [4.78, 5) is 47.7. The van der Waals surface area contributed by atoms with Gasteiger partial charge in [-0.2, -0.15) is 9.97 Å². The SMILES string of the molecule is CCc1cccc2cc(O)cc(-c3ncc4c(N5CC6CCC(C5)N6)nc(OCC5(CN6CCC7(CC6)CC(N6CCN(c8cc(F)c(NC9CCC(=O)NC9=O)c(F)c8)CC6)C7)CC5)nc4c3F)c12. The third-order valence-electron chi connectivity index (χ3n) is 16.9. The van der Waals surface area contributed by atoms with E-state index in [0.29, 0.717) is 65.7 Å². The number of nitrogens with zero attached hydrogens (tertiary/aromatic N) is 7. The van der Waals surface area contributed by atoms with Crippen LogP contribution in [0.4, 0.5) is 30.4 Å². The van der Waals surface area contributed by atoms with E-state index in [0.717, 1.165) is 107 Å². The van der Waals surface area contributed by atoms with Crippen LogP contribution in [0.1, 0.15) is 76.7 Å². The summed E-state index contributed by atoms with van der Waals surface area (Å²) < 4.78 is 54.2. The Morgan fingerprint density at radius 2 is 1.63 bits per heavy atom. The third kappa shape index (κ3) is 8.54. The Kier molecular flexibility index (Phi) is 11.5. The number of ether oxygens (including phenoxy) is 1. The Labute approximate surface area is 405 Å². The molecule has 0 radical (unpaired) electrons. The third-order valence-corrected chi connectivity index (χ3v) is 16.9. The minimum atomic E-state index is -0.869. The number of phenols is 1. The Bertz CT molecular complexity index is 2840. The molecule has 2 aliphatic carbocycles. The number of piperidine rings is 2. The number of pyridine rings is 1. The molecule has 70 heavy (non-hydrogen) atoms. The zero-order valence-electron chi connectivity index (χ0n) is 39.7. The molecule has 4 N–H and O–H groups in total. The van der Waals surface area contributed by atoms with Crippen molar-refractivity contribution in [2.75, 3.05) is 80.6 Å². The van der Waals surface area contributed by atoms with E-state index in [1.54, 1.807) is 18.3 Å². The van der Waals surface area contributed by atoms with Gasteiger partial charge in [-0.05, 0) is 123 Å². The van der Waals surface area contributed by atoms with E-state index in [9.17, 15) is 14.7 Å². The molecule has 3 aromatic carbocycles. The molecule has 3 unspecified atom stereocenters. The van der Waals surface area contributed by atoms with Gasteiger partial charge in [0.15, 0.2) is 17.5 Å². The summed E-state index contributed by atoms with van der Waals surface area (Å²) in [6.07, 6.45) is 11.7. The summed E-state index contributed by atoms with van der Waals surface area (Å²) in [6, 6.07) is 12.4. The molecule has 12 rings (SSSR count). The van der Waals surface area contributed by atoms with Gasteiger partial charge in [0.1, 0.15) is 34.5 Å². The molecule has 14 nitrogen and oxygen atoms in total. The second kappa shape index (κ2) is 17.8. The number of hydrogen-bond acceptors (Lipinski definition) is 13. The summed E-state index contributed by atoms with van der Waals surface area (Å²) in [6.45, 7) is 10.1. The normalized spacial score (nSPS) is 24.6. The first-order valence-corrected chi connectivity index (χ1v) is 25.5. The number of aryl methyl sites for hydroxylation is 1. The molecule has 17 heteroatoms. The van der Waals surface area contributed by atoms with Crippen molar-refractivity contribution in [1.29, 1.82) is 0 Å². The lowest BCUT2D eigenvalue weighted by molar-refractivity contribution is -0.133. The van der Waals surface area contributed by atoms with Crippen LogP contribution in [0.5, 0.6) is 11.8 Å². The highest BCUT2D eigenvalue weighted by Crippen LogP contribution is 2.53. The van der Waals surface area contributed by atoms with Crippen LogP contribution in [0.25, 0.3) is 32.9 Å². The van der Waals surface area contributed by atoms with Crippen molar-refractivity contribution in [3.05, 3.63) is 71.7 Å². The molecule has 2 aromatic heterocycles. The predicted molar refractivity (Wildman–Crippen MR) is 262 cm³/mol. The number of aromatic hydroxyl groups is 1. The highest BCUT2D eigenvalue weighted by Gasteiger charge is 2.51. The number of rotatable bonds is 12. The van der Waals surface area contributed by atoms with E-state index >= 15 is 13.2 Å². The lowest BCUT2D eigenvalue weighted by Gasteiger charge is -2.56. The number of halogens is 3. The number of benzene rings is 3. The minimum absolute atomic E-state index is 0.00579. The Hall–Kier alpha value is -5.78. The Morgan fingerprint density at radius 1 is 0.886 bits per heavy atom. The van der Waals surface area contributed by atoms with Crippen LogP contribution in [-0.4, -0.2) is 131 Å². The van der Waals surface area contributed by atoms with E-state index in [-0.39, 0.29) is 52.8 Å². The van der Waals surface area contributed by atoms with E-state index in [1.807, 2.05) is 23.1 Å². The topological polar surface area (TPSA) is 151 Å². The molecule has 7 aliphatic rings.